The molecule has 0 spiro atoms. The topological polar surface area (TPSA) is 23.8 Å². The second-order valence-corrected chi connectivity index (χ2v) is 2.96. The first-order valence-corrected chi connectivity index (χ1v) is 4.43. The number of hydrogen-bond donors (Lipinski definition) is 0. The molecule has 1 heteroatoms. The number of benzene rings is 1. The van der Waals surface area contributed by atoms with Crippen molar-refractivity contribution >= 4 is 6.08 Å². The number of hydrogen-bond acceptors (Lipinski definition) is 1. The molecule has 0 saturated heterocycles. The summed E-state index contributed by atoms with van der Waals surface area (Å²) >= 11 is 0. The summed E-state index contributed by atoms with van der Waals surface area (Å²) in [7, 11) is 0. The Morgan fingerprint density at radius 1 is 1.38 bits per heavy atom. The fourth-order valence-electron chi connectivity index (χ4n) is 1.13. The second-order valence-electron chi connectivity index (χ2n) is 2.96. The van der Waals surface area contributed by atoms with Crippen LogP contribution in [0.2, 0.25) is 0 Å². The summed E-state index contributed by atoms with van der Waals surface area (Å²) < 4.78 is 0. The van der Waals surface area contributed by atoms with Crippen molar-refractivity contribution in [3.63, 3.8) is 0 Å². The smallest absolute Gasteiger partial charge is 0.0625 e. The molecule has 0 N–H and O–H groups in total. The summed E-state index contributed by atoms with van der Waals surface area (Å²) in [6, 6.07) is 10.3. The summed E-state index contributed by atoms with van der Waals surface area (Å²) in [6.07, 6.45) is 5.56. The van der Waals surface area contributed by atoms with Gasteiger partial charge in [-0.15, -0.1) is 0 Å². The Morgan fingerprint density at radius 3 is 2.85 bits per heavy atom. The number of nitrogens with zero attached hydrogens (tertiary/aromatic N) is 1. The van der Waals surface area contributed by atoms with Crippen LogP contribution in [0.25, 0.3) is 6.08 Å². The van der Waals surface area contributed by atoms with E-state index < -0.39 is 0 Å². The summed E-state index contributed by atoms with van der Waals surface area (Å²) in [5, 5.41) is 8.33. The van der Waals surface area contributed by atoms with E-state index in [-0.39, 0.29) is 0 Å². The van der Waals surface area contributed by atoms with Gasteiger partial charge in [0, 0.05) is 6.42 Å². The normalized spacial score (nSPS) is 10.2. The molecule has 66 valence electrons. The first-order chi connectivity index (χ1) is 6.34. The van der Waals surface area contributed by atoms with Gasteiger partial charge in [0.25, 0.3) is 0 Å². The van der Waals surface area contributed by atoms with E-state index >= 15 is 0 Å². The molecule has 0 amide bonds. The molecule has 1 rings (SSSR count). The first kappa shape index (κ1) is 9.54. The second kappa shape index (κ2) is 5.16. The first-order valence-electron chi connectivity index (χ1n) is 4.43. The molecule has 0 aliphatic heterocycles. The van der Waals surface area contributed by atoms with Crippen LogP contribution >= 0.6 is 0 Å². The van der Waals surface area contributed by atoms with Crippen molar-refractivity contribution in [2.45, 2.75) is 19.8 Å². The third kappa shape index (κ3) is 3.13. The zero-order valence-corrected chi connectivity index (χ0v) is 7.83. The van der Waals surface area contributed by atoms with Crippen LogP contribution in [0.3, 0.4) is 0 Å². The minimum atomic E-state index is 0.600. The molecular weight excluding hydrogens is 158 g/mol. The van der Waals surface area contributed by atoms with Crippen LogP contribution < -0.4 is 0 Å². The molecule has 0 radical (unpaired) electrons. The quantitative estimate of drug-likeness (QED) is 0.640. The van der Waals surface area contributed by atoms with Crippen LogP contribution in [0.5, 0.6) is 0 Å². The maximum atomic E-state index is 8.33. The minimum Gasteiger partial charge on any atom is -0.198 e. The molecule has 0 heterocycles. The van der Waals surface area contributed by atoms with Crippen LogP contribution in [0.4, 0.5) is 0 Å². The van der Waals surface area contributed by atoms with Crippen molar-refractivity contribution in [3.8, 4) is 6.07 Å². The van der Waals surface area contributed by atoms with Crippen LogP contribution in [0.1, 0.15) is 24.0 Å². The number of rotatable bonds is 3. The van der Waals surface area contributed by atoms with E-state index in [2.05, 4.69) is 31.2 Å². The lowest BCUT2D eigenvalue weighted by Crippen LogP contribution is -1.77. The Kier molecular flexibility index (Phi) is 3.78. The van der Waals surface area contributed by atoms with Crippen LogP contribution in [-0.4, -0.2) is 0 Å². The predicted octanol–water partition coefficient (Wildman–Crippen LogP) is 3.31. The lowest BCUT2D eigenvalue weighted by molar-refractivity contribution is 1.07. The highest BCUT2D eigenvalue weighted by Crippen LogP contribution is 2.09. The SMILES string of the molecule is Cc1ccccc1/C=C\CCC#N. The van der Waals surface area contributed by atoms with Gasteiger partial charge >= 0.3 is 0 Å². The monoisotopic (exact) mass is 171 g/mol. The molecule has 0 saturated carbocycles. The zero-order chi connectivity index (χ0) is 9.52. The Morgan fingerprint density at radius 2 is 2.15 bits per heavy atom. The predicted molar refractivity (Wildman–Crippen MR) is 55.1 cm³/mol. The van der Waals surface area contributed by atoms with Gasteiger partial charge in [0.05, 0.1) is 6.07 Å². The van der Waals surface area contributed by atoms with Crippen LogP contribution in [0, 0.1) is 18.3 Å². The molecule has 0 aliphatic carbocycles. The van der Waals surface area contributed by atoms with E-state index in [0.29, 0.717) is 6.42 Å². The highest BCUT2D eigenvalue weighted by atomic mass is 14.2. The maximum absolute atomic E-state index is 8.33. The third-order valence-electron chi connectivity index (χ3n) is 1.91. The average Bonchev–Trinajstić information content (AvgIpc) is 2.15. The Balaban J connectivity index is 2.59. The van der Waals surface area contributed by atoms with Crippen molar-refractivity contribution < 1.29 is 0 Å². The molecule has 0 aliphatic rings. The standard InChI is InChI=1S/C12H13N/c1-11-7-4-5-9-12(11)8-3-2-6-10-13/h3-5,7-9H,2,6H2,1H3/b8-3-. The van der Waals surface area contributed by atoms with Gasteiger partial charge in [-0.1, -0.05) is 36.4 Å². The molecule has 0 unspecified atom stereocenters. The lowest BCUT2D eigenvalue weighted by Gasteiger charge is -1.97. The summed E-state index contributed by atoms with van der Waals surface area (Å²) in [6.45, 7) is 2.09. The fraction of sp³-hybridized carbons (Fsp3) is 0.250. The average molecular weight is 171 g/mol. The molecule has 1 aromatic carbocycles. The van der Waals surface area contributed by atoms with E-state index in [0.717, 1.165) is 6.42 Å². The maximum Gasteiger partial charge on any atom is 0.0625 e. The summed E-state index contributed by atoms with van der Waals surface area (Å²) in [4.78, 5) is 0. The van der Waals surface area contributed by atoms with Crippen molar-refractivity contribution in [2.75, 3.05) is 0 Å². The Hall–Kier alpha value is -1.55. The van der Waals surface area contributed by atoms with Gasteiger partial charge in [0.2, 0.25) is 0 Å². The van der Waals surface area contributed by atoms with Crippen molar-refractivity contribution in [3.05, 3.63) is 41.5 Å². The van der Waals surface area contributed by atoms with Gasteiger partial charge in [0.15, 0.2) is 0 Å². The minimum absolute atomic E-state index is 0.600. The molecule has 1 aromatic rings. The van der Waals surface area contributed by atoms with Gasteiger partial charge in [0.1, 0.15) is 0 Å². The number of nitriles is 1. The van der Waals surface area contributed by atoms with E-state index in [4.69, 9.17) is 5.26 Å². The Labute approximate surface area is 79.3 Å². The molecular formula is C12H13N. The van der Waals surface area contributed by atoms with Gasteiger partial charge in [-0.05, 0) is 24.5 Å². The van der Waals surface area contributed by atoms with E-state index in [1.165, 1.54) is 11.1 Å². The highest BCUT2D eigenvalue weighted by molar-refractivity contribution is 5.53. The van der Waals surface area contributed by atoms with E-state index in [1.54, 1.807) is 0 Å². The van der Waals surface area contributed by atoms with Crippen LogP contribution in [0.15, 0.2) is 30.3 Å². The summed E-state index contributed by atoms with van der Waals surface area (Å²) in [5.74, 6) is 0. The van der Waals surface area contributed by atoms with Gasteiger partial charge in [-0.2, -0.15) is 5.26 Å². The molecule has 0 aromatic heterocycles. The van der Waals surface area contributed by atoms with Crippen LogP contribution in [-0.2, 0) is 0 Å². The van der Waals surface area contributed by atoms with Gasteiger partial charge in [-0.25, -0.2) is 0 Å². The highest BCUT2D eigenvalue weighted by Gasteiger charge is 1.89. The van der Waals surface area contributed by atoms with Crippen molar-refractivity contribution in [2.24, 2.45) is 0 Å². The molecule has 13 heavy (non-hydrogen) atoms. The zero-order valence-electron chi connectivity index (χ0n) is 7.83. The number of unbranched alkanes of at least 4 members (excludes halogenated alkanes) is 1. The fourth-order valence-corrected chi connectivity index (χ4v) is 1.13. The summed E-state index contributed by atoms with van der Waals surface area (Å²) in [5.41, 5.74) is 2.51. The number of aryl methyl sites for hydroxylation is 1. The molecule has 0 fully saturated rings. The number of allylic oxidation sites excluding steroid dienone is 1. The van der Waals surface area contributed by atoms with E-state index in [1.807, 2.05) is 18.2 Å². The van der Waals surface area contributed by atoms with E-state index in [9.17, 15) is 0 Å². The third-order valence-corrected chi connectivity index (χ3v) is 1.91. The molecule has 1 nitrogen and oxygen atoms in total. The van der Waals surface area contributed by atoms with Gasteiger partial charge in [-0.3, -0.25) is 0 Å². The van der Waals surface area contributed by atoms with Crippen molar-refractivity contribution in [1.82, 2.24) is 0 Å². The Bertz CT molecular complexity index is 331. The lowest BCUT2D eigenvalue weighted by atomic mass is 10.1. The molecule has 0 atom stereocenters. The largest absolute Gasteiger partial charge is 0.198 e. The van der Waals surface area contributed by atoms with Crippen molar-refractivity contribution in [1.29, 1.82) is 5.26 Å². The molecule has 0 bridgehead atoms. The van der Waals surface area contributed by atoms with Gasteiger partial charge < -0.3 is 0 Å².